The summed E-state index contributed by atoms with van der Waals surface area (Å²) >= 11 is 0. The third-order valence-corrected chi connectivity index (χ3v) is 12.2. The van der Waals surface area contributed by atoms with E-state index in [9.17, 15) is 14.3 Å². The summed E-state index contributed by atoms with van der Waals surface area (Å²) in [7, 11) is -4.27. The third-order valence-electron chi connectivity index (χ3n) is 11.2. The monoisotopic (exact) mass is 844 g/mol. The zero-order chi connectivity index (χ0) is 42.3. The van der Waals surface area contributed by atoms with Gasteiger partial charge < -0.3 is 20.1 Å². The minimum absolute atomic E-state index is 0.0914. The first-order valence-corrected chi connectivity index (χ1v) is 26.7. The van der Waals surface area contributed by atoms with Crippen LogP contribution in [-0.4, -0.2) is 49.9 Å². The molecule has 0 radical (unpaired) electrons. The lowest BCUT2D eigenvalue weighted by molar-refractivity contribution is -0.154. The molecule has 2 unspecified atom stereocenters. The summed E-state index contributed by atoms with van der Waals surface area (Å²) < 4.78 is 33.5. The van der Waals surface area contributed by atoms with Gasteiger partial charge in [-0.15, -0.1) is 0 Å². The summed E-state index contributed by atoms with van der Waals surface area (Å²) in [5.74, 6) is -0.325. The number of phosphoric ester groups is 1. The molecule has 0 aromatic heterocycles. The van der Waals surface area contributed by atoms with E-state index in [1.807, 2.05) is 0 Å². The second-order valence-corrected chi connectivity index (χ2v) is 18.5. The molecule has 0 rings (SSSR count). The van der Waals surface area contributed by atoms with E-state index in [2.05, 4.69) is 26.0 Å². The Morgan fingerprint density at radius 1 is 0.500 bits per heavy atom. The zero-order valence-corrected chi connectivity index (χ0v) is 39.5. The average Bonchev–Trinajstić information content (AvgIpc) is 3.21. The van der Waals surface area contributed by atoms with E-state index >= 15 is 0 Å². The number of rotatable bonds is 49. The van der Waals surface area contributed by atoms with Gasteiger partial charge in [0, 0.05) is 19.6 Å². The number of nitrogens with two attached hydrogens (primary N) is 1. The number of carbonyl (C=O) groups is 1. The van der Waals surface area contributed by atoms with Crippen LogP contribution in [0.4, 0.5) is 0 Å². The average molecular weight is 844 g/mol. The summed E-state index contributed by atoms with van der Waals surface area (Å²) in [5.41, 5.74) is 5.38. The van der Waals surface area contributed by atoms with E-state index in [1.54, 1.807) is 0 Å². The predicted molar refractivity (Wildman–Crippen MR) is 247 cm³/mol. The summed E-state index contributed by atoms with van der Waals surface area (Å²) in [6.45, 7) is 4.98. The van der Waals surface area contributed by atoms with E-state index in [-0.39, 0.29) is 32.3 Å². The van der Waals surface area contributed by atoms with Crippen LogP contribution < -0.4 is 5.73 Å². The Morgan fingerprint density at radius 2 is 0.862 bits per heavy atom. The molecule has 0 aliphatic rings. The topological polar surface area (TPSA) is 117 Å². The van der Waals surface area contributed by atoms with Gasteiger partial charge in [-0.05, 0) is 38.5 Å². The second-order valence-electron chi connectivity index (χ2n) is 17.0. The fourth-order valence-electron chi connectivity index (χ4n) is 7.46. The molecule has 346 valence electrons. The van der Waals surface area contributed by atoms with Gasteiger partial charge in [-0.3, -0.25) is 13.8 Å². The van der Waals surface area contributed by atoms with Gasteiger partial charge in [0.15, 0.2) is 0 Å². The molecule has 0 aromatic rings. The molecule has 0 fully saturated rings. The highest BCUT2D eigenvalue weighted by molar-refractivity contribution is 7.47. The first-order valence-electron chi connectivity index (χ1n) is 25.2. The highest BCUT2D eigenvalue weighted by Gasteiger charge is 2.25. The number of carbonyl (C=O) groups excluding carboxylic acids is 1. The van der Waals surface area contributed by atoms with Crippen molar-refractivity contribution in [1.29, 1.82) is 0 Å². The van der Waals surface area contributed by atoms with Crippen LogP contribution in [0.25, 0.3) is 0 Å². The van der Waals surface area contributed by atoms with Gasteiger partial charge >= 0.3 is 13.8 Å². The number of hydrogen-bond acceptors (Lipinski definition) is 7. The predicted octanol–water partition coefficient (Wildman–Crippen LogP) is 15.4. The third kappa shape index (κ3) is 46.3. The SMILES string of the molecule is CCCCCCCCCC/C=C\CCCCCCCCCCCCCCCCOCC(COP(=O)(O)OCCN)OC(=O)CCCCCCCCCCCCCCC. The van der Waals surface area contributed by atoms with Crippen molar-refractivity contribution >= 4 is 13.8 Å². The maximum Gasteiger partial charge on any atom is 0.472 e. The number of hydrogen-bond donors (Lipinski definition) is 2. The number of esters is 1. The molecular formula is C49H98NO7P. The van der Waals surface area contributed by atoms with Gasteiger partial charge in [-0.25, -0.2) is 4.57 Å². The Morgan fingerprint density at radius 3 is 1.26 bits per heavy atom. The van der Waals surface area contributed by atoms with Gasteiger partial charge in [0.05, 0.1) is 19.8 Å². The lowest BCUT2D eigenvalue weighted by Crippen LogP contribution is -2.28. The molecule has 58 heavy (non-hydrogen) atoms. The van der Waals surface area contributed by atoms with Crippen LogP contribution in [-0.2, 0) is 27.9 Å². The second kappa shape index (κ2) is 47.3. The Balaban J connectivity index is 3.83. The highest BCUT2D eigenvalue weighted by Crippen LogP contribution is 2.43. The molecule has 9 heteroatoms. The molecule has 0 spiro atoms. The Hall–Kier alpha value is -0.760. The molecule has 0 aliphatic heterocycles. The molecule has 0 heterocycles. The normalized spacial score (nSPS) is 13.4. The number of phosphoric acid groups is 1. The van der Waals surface area contributed by atoms with Crippen molar-refractivity contribution < 1.29 is 32.8 Å². The summed E-state index contributed by atoms with van der Waals surface area (Å²) in [4.78, 5) is 22.5. The maximum atomic E-state index is 12.6. The van der Waals surface area contributed by atoms with Crippen molar-refractivity contribution in [2.24, 2.45) is 5.73 Å². The Labute approximate surface area is 360 Å². The van der Waals surface area contributed by atoms with Gasteiger partial charge in [-0.2, -0.15) is 0 Å². The minimum atomic E-state index is -4.27. The van der Waals surface area contributed by atoms with Crippen LogP contribution in [0.3, 0.4) is 0 Å². The molecule has 2 atom stereocenters. The highest BCUT2D eigenvalue weighted by atomic mass is 31.2. The largest absolute Gasteiger partial charge is 0.472 e. The van der Waals surface area contributed by atoms with Crippen molar-refractivity contribution in [1.82, 2.24) is 0 Å². The van der Waals surface area contributed by atoms with Crippen molar-refractivity contribution in [3.63, 3.8) is 0 Å². The molecule has 3 N–H and O–H groups in total. The van der Waals surface area contributed by atoms with E-state index in [0.717, 1.165) is 32.1 Å². The van der Waals surface area contributed by atoms with Gasteiger partial charge in [0.1, 0.15) is 6.10 Å². The fraction of sp³-hybridized carbons (Fsp3) is 0.939. The number of unbranched alkanes of at least 4 members (excludes halogenated alkanes) is 34. The molecule has 0 aliphatic carbocycles. The standard InChI is InChI=1S/C49H98NO7P/c1-3-5-7-9-11-13-15-17-18-19-20-21-22-23-24-25-26-27-28-29-31-33-35-37-39-41-44-54-46-48(47-56-58(52,53)55-45-43-50)57-49(51)42-40-38-36-34-32-30-16-14-12-10-8-6-4-2/h19-20,48H,3-18,21-47,50H2,1-2H3,(H,52,53)/b20-19-. The van der Waals surface area contributed by atoms with E-state index in [4.69, 9.17) is 24.3 Å². The molecule has 0 saturated heterocycles. The van der Waals surface area contributed by atoms with Crippen LogP contribution >= 0.6 is 7.82 Å². The lowest BCUT2D eigenvalue weighted by Gasteiger charge is -2.20. The number of ether oxygens (including phenoxy) is 2. The zero-order valence-electron chi connectivity index (χ0n) is 38.6. The molecule has 8 nitrogen and oxygen atoms in total. The summed E-state index contributed by atoms with van der Waals surface area (Å²) in [6.07, 6.45) is 52.5. The Kier molecular flexibility index (Phi) is 46.7. The molecular weight excluding hydrogens is 746 g/mol. The first-order chi connectivity index (χ1) is 28.4. The van der Waals surface area contributed by atoms with E-state index in [0.29, 0.717) is 13.0 Å². The van der Waals surface area contributed by atoms with Gasteiger partial charge in [-0.1, -0.05) is 225 Å². The van der Waals surface area contributed by atoms with Crippen molar-refractivity contribution in [2.75, 3.05) is 33.0 Å². The first kappa shape index (κ1) is 57.2. The molecule has 0 aromatic carbocycles. The maximum absolute atomic E-state index is 12.6. The summed E-state index contributed by atoms with van der Waals surface area (Å²) in [5, 5.41) is 0. The molecule has 0 amide bonds. The smallest absolute Gasteiger partial charge is 0.457 e. The van der Waals surface area contributed by atoms with Crippen LogP contribution in [0.15, 0.2) is 12.2 Å². The molecule has 0 saturated carbocycles. The van der Waals surface area contributed by atoms with Crippen LogP contribution in [0.1, 0.15) is 258 Å². The van der Waals surface area contributed by atoms with Gasteiger partial charge in [0.25, 0.3) is 0 Å². The van der Waals surface area contributed by atoms with E-state index < -0.39 is 13.9 Å². The lowest BCUT2D eigenvalue weighted by atomic mass is 10.0. The number of allylic oxidation sites excluding steroid dienone is 2. The quantitative estimate of drug-likeness (QED) is 0.0269. The minimum Gasteiger partial charge on any atom is -0.457 e. The molecule has 0 bridgehead atoms. The van der Waals surface area contributed by atoms with Crippen molar-refractivity contribution in [2.45, 2.75) is 264 Å². The Bertz CT molecular complexity index is 904. The summed E-state index contributed by atoms with van der Waals surface area (Å²) in [6, 6.07) is 0. The van der Waals surface area contributed by atoms with E-state index in [1.165, 1.54) is 205 Å². The van der Waals surface area contributed by atoms with Crippen LogP contribution in [0.5, 0.6) is 0 Å². The van der Waals surface area contributed by atoms with Crippen molar-refractivity contribution in [3.05, 3.63) is 12.2 Å². The van der Waals surface area contributed by atoms with Crippen molar-refractivity contribution in [3.8, 4) is 0 Å². The fourth-order valence-corrected chi connectivity index (χ4v) is 8.23. The van der Waals surface area contributed by atoms with Gasteiger partial charge in [0.2, 0.25) is 0 Å². The van der Waals surface area contributed by atoms with Crippen LogP contribution in [0.2, 0.25) is 0 Å². The van der Waals surface area contributed by atoms with Crippen LogP contribution in [0, 0.1) is 0 Å².